The number of hydrogen-bond donors (Lipinski definition) is 1. The lowest BCUT2D eigenvalue weighted by Crippen LogP contribution is -1.91. The van der Waals surface area contributed by atoms with E-state index in [4.69, 9.17) is 0 Å². The molecule has 0 amide bonds. The quantitative estimate of drug-likeness (QED) is 0.447. The van der Waals surface area contributed by atoms with Crippen LogP contribution in [-0.4, -0.2) is 12.0 Å². The molecule has 0 aliphatic heterocycles. The van der Waals surface area contributed by atoms with Crippen LogP contribution in [0.4, 0.5) is 0 Å². The number of ketones is 1. The number of carbonyl (C=O) groups excluding carboxylic acids is 1. The molecule has 0 aliphatic rings. The molecule has 0 radical (unpaired) electrons. The number of benzene rings is 1. The predicted molar refractivity (Wildman–Crippen MR) is 55.5 cm³/mol. The minimum Gasteiger partial charge on any atom is -0.295 e. The van der Waals surface area contributed by atoms with Crippen LogP contribution in [0.25, 0.3) is 0 Å². The molecule has 0 aliphatic carbocycles. The van der Waals surface area contributed by atoms with Crippen LogP contribution >= 0.6 is 24.4 Å². The third-order valence-corrected chi connectivity index (χ3v) is 2.91. The monoisotopic (exact) mass is 198 g/mol. The smallest absolute Gasteiger partial charge is 0.159 e. The zero-order valence-corrected chi connectivity index (χ0v) is 8.71. The standard InChI is InChI=1S/C9H10OS2/c1-6(10)7-3-4-8(11)9(5-7)12-2/h3-5,11H,1-2H3. The maximum atomic E-state index is 11.0. The van der Waals surface area contributed by atoms with Crippen molar-refractivity contribution in [3.8, 4) is 0 Å². The number of Topliss-reactive ketones (excluding diaryl/α,β-unsaturated/α-hetero) is 1. The van der Waals surface area contributed by atoms with Crippen LogP contribution in [0.1, 0.15) is 17.3 Å². The first-order chi connectivity index (χ1) is 5.65. The molecule has 64 valence electrons. The molecule has 1 nitrogen and oxygen atoms in total. The van der Waals surface area contributed by atoms with Crippen LogP contribution in [0.15, 0.2) is 28.0 Å². The fraction of sp³-hybridized carbons (Fsp3) is 0.222. The maximum Gasteiger partial charge on any atom is 0.159 e. The molecule has 0 fully saturated rings. The van der Waals surface area contributed by atoms with Crippen LogP contribution in [0, 0.1) is 0 Å². The number of hydrogen-bond acceptors (Lipinski definition) is 3. The van der Waals surface area contributed by atoms with Gasteiger partial charge in [-0.25, -0.2) is 0 Å². The highest BCUT2D eigenvalue weighted by atomic mass is 32.2. The molecule has 1 aromatic carbocycles. The van der Waals surface area contributed by atoms with Crippen LogP contribution in [-0.2, 0) is 0 Å². The number of carbonyl (C=O) groups is 1. The first kappa shape index (κ1) is 9.68. The van der Waals surface area contributed by atoms with Crippen molar-refractivity contribution in [1.82, 2.24) is 0 Å². The lowest BCUT2D eigenvalue weighted by Gasteiger charge is -2.02. The third-order valence-electron chi connectivity index (χ3n) is 1.59. The molecule has 0 heterocycles. The van der Waals surface area contributed by atoms with Crippen molar-refractivity contribution in [2.24, 2.45) is 0 Å². The lowest BCUT2D eigenvalue weighted by molar-refractivity contribution is 0.101. The van der Waals surface area contributed by atoms with Gasteiger partial charge < -0.3 is 0 Å². The lowest BCUT2D eigenvalue weighted by atomic mass is 10.1. The van der Waals surface area contributed by atoms with Crippen molar-refractivity contribution >= 4 is 30.2 Å². The van der Waals surface area contributed by atoms with Crippen LogP contribution in [0.5, 0.6) is 0 Å². The normalized spacial score (nSPS) is 9.92. The Morgan fingerprint density at radius 3 is 2.67 bits per heavy atom. The molecule has 0 atom stereocenters. The molecule has 0 N–H and O–H groups in total. The molecule has 0 unspecified atom stereocenters. The summed E-state index contributed by atoms with van der Waals surface area (Å²) in [6, 6.07) is 5.52. The summed E-state index contributed by atoms with van der Waals surface area (Å²) in [6.07, 6.45) is 1.97. The molecule has 0 bridgehead atoms. The molecular weight excluding hydrogens is 188 g/mol. The van der Waals surface area contributed by atoms with Gasteiger partial charge in [-0.2, -0.15) is 0 Å². The number of thioether (sulfide) groups is 1. The topological polar surface area (TPSA) is 17.1 Å². The summed E-state index contributed by atoms with van der Waals surface area (Å²) in [5, 5.41) is 0. The molecule has 3 heteroatoms. The van der Waals surface area contributed by atoms with E-state index in [0.717, 1.165) is 15.4 Å². The van der Waals surface area contributed by atoms with Crippen molar-refractivity contribution < 1.29 is 4.79 Å². The number of rotatable bonds is 2. The SMILES string of the molecule is CSc1cc(C(C)=O)ccc1S. The van der Waals surface area contributed by atoms with Crippen LogP contribution < -0.4 is 0 Å². The maximum absolute atomic E-state index is 11.0. The van der Waals surface area contributed by atoms with E-state index in [-0.39, 0.29) is 5.78 Å². The van der Waals surface area contributed by atoms with Gasteiger partial charge in [0.2, 0.25) is 0 Å². The average molecular weight is 198 g/mol. The van der Waals surface area contributed by atoms with Gasteiger partial charge in [0.1, 0.15) is 0 Å². The molecule has 1 aromatic rings. The molecule has 12 heavy (non-hydrogen) atoms. The molecule has 0 aromatic heterocycles. The van der Waals surface area contributed by atoms with E-state index in [0.29, 0.717) is 0 Å². The van der Waals surface area contributed by atoms with Crippen molar-refractivity contribution in [2.45, 2.75) is 16.7 Å². The Labute approximate surface area is 82.0 Å². The summed E-state index contributed by atoms with van der Waals surface area (Å²) in [5.41, 5.74) is 0.747. The second kappa shape index (κ2) is 4.01. The van der Waals surface area contributed by atoms with Gasteiger partial charge in [0.15, 0.2) is 5.78 Å². The first-order valence-corrected chi connectivity index (χ1v) is 5.20. The Morgan fingerprint density at radius 2 is 2.17 bits per heavy atom. The summed E-state index contributed by atoms with van der Waals surface area (Å²) in [4.78, 5) is 13.0. The van der Waals surface area contributed by atoms with Crippen molar-refractivity contribution in [2.75, 3.05) is 6.26 Å². The van der Waals surface area contributed by atoms with E-state index >= 15 is 0 Å². The predicted octanol–water partition coefficient (Wildman–Crippen LogP) is 2.90. The zero-order chi connectivity index (χ0) is 9.14. The van der Waals surface area contributed by atoms with Gasteiger partial charge in [-0.3, -0.25) is 4.79 Å². The van der Waals surface area contributed by atoms with E-state index < -0.39 is 0 Å². The highest BCUT2D eigenvalue weighted by molar-refractivity contribution is 7.99. The molecular formula is C9H10OS2. The fourth-order valence-corrected chi connectivity index (χ4v) is 1.83. The Bertz CT molecular complexity index is 307. The van der Waals surface area contributed by atoms with Gasteiger partial charge in [-0.05, 0) is 25.3 Å². The van der Waals surface area contributed by atoms with Gasteiger partial charge in [0.25, 0.3) is 0 Å². The van der Waals surface area contributed by atoms with Crippen molar-refractivity contribution in [3.05, 3.63) is 23.8 Å². The summed E-state index contributed by atoms with van der Waals surface area (Å²) < 4.78 is 0. The van der Waals surface area contributed by atoms with Gasteiger partial charge in [-0.15, -0.1) is 24.4 Å². The second-order valence-electron chi connectivity index (χ2n) is 2.44. The Morgan fingerprint density at radius 1 is 1.50 bits per heavy atom. The summed E-state index contributed by atoms with van der Waals surface area (Å²) >= 11 is 5.86. The summed E-state index contributed by atoms with van der Waals surface area (Å²) in [5.74, 6) is 0.0960. The Hall–Kier alpha value is -0.410. The highest BCUT2D eigenvalue weighted by Gasteiger charge is 2.02. The van der Waals surface area contributed by atoms with E-state index in [1.807, 2.05) is 18.4 Å². The highest BCUT2D eigenvalue weighted by Crippen LogP contribution is 2.24. The molecule has 0 saturated heterocycles. The first-order valence-electron chi connectivity index (χ1n) is 3.53. The second-order valence-corrected chi connectivity index (χ2v) is 3.77. The minimum absolute atomic E-state index is 0.0960. The molecule has 0 saturated carbocycles. The van der Waals surface area contributed by atoms with Crippen molar-refractivity contribution in [3.63, 3.8) is 0 Å². The number of thiol groups is 1. The van der Waals surface area contributed by atoms with Gasteiger partial charge in [0, 0.05) is 15.4 Å². The van der Waals surface area contributed by atoms with Crippen LogP contribution in [0.2, 0.25) is 0 Å². The van der Waals surface area contributed by atoms with Crippen LogP contribution in [0.3, 0.4) is 0 Å². The van der Waals surface area contributed by atoms with E-state index in [2.05, 4.69) is 12.6 Å². The average Bonchev–Trinajstić information content (AvgIpc) is 2.05. The molecule has 1 rings (SSSR count). The fourth-order valence-electron chi connectivity index (χ4n) is 0.897. The van der Waals surface area contributed by atoms with Gasteiger partial charge >= 0.3 is 0 Å². The minimum atomic E-state index is 0.0960. The van der Waals surface area contributed by atoms with Gasteiger partial charge in [0.05, 0.1) is 0 Å². The van der Waals surface area contributed by atoms with E-state index in [1.165, 1.54) is 0 Å². The summed E-state index contributed by atoms with van der Waals surface area (Å²) in [6.45, 7) is 1.57. The van der Waals surface area contributed by atoms with E-state index in [1.54, 1.807) is 24.8 Å². The largest absolute Gasteiger partial charge is 0.295 e. The molecule has 0 spiro atoms. The van der Waals surface area contributed by atoms with Gasteiger partial charge in [-0.1, -0.05) is 6.07 Å². The third kappa shape index (κ3) is 2.05. The Balaban J connectivity index is 3.13. The summed E-state index contributed by atoms with van der Waals surface area (Å²) in [7, 11) is 0. The Kier molecular flexibility index (Phi) is 3.23. The van der Waals surface area contributed by atoms with E-state index in [9.17, 15) is 4.79 Å². The zero-order valence-electron chi connectivity index (χ0n) is 7.00. The van der Waals surface area contributed by atoms with Crippen molar-refractivity contribution in [1.29, 1.82) is 0 Å².